The summed E-state index contributed by atoms with van der Waals surface area (Å²) in [5, 5.41) is 4.82. The zero-order chi connectivity index (χ0) is 20.1. The third kappa shape index (κ3) is 3.21. The van der Waals surface area contributed by atoms with Crippen molar-refractivity contribution in [3.05, 3.63) is 46.9 Å². The number of likely N-dealkylation sites (tertiary alicyclic amines) is 1. The summed E-state index contributed by atoms with van der Waals surface area (Å²) < 4.78 is 6.67. The highest BCUT2D eigenvalue weighted by molar-refractivity contribution is 7.18. The van der Waals surface area contributed by atoms with E-state index in [1.165, 1.54) is 34.3 Å². The van der Waals surface area contributed by atoms with E-state index in [0.717, 1.165) is 34.9 Å². The number of anilines is 2. The van der Waals surface area contributed by atoms with E-state index in [0.29, 0.717) is 18.0 Å². The van der Waals surface area contributed by atoms with Crippen molar-refractivity contribution in [1.82, 2.24) is 14.9 Å². The fourth-order valence-corrected chi connectivity index (χ4v) is 6.74. The summed E-state index contributed by atoms with van der Waals surface area (Å²) >= 11 is 3.53. The Balaban J connectivity index is 1.31. The van der Waals surface area contributed by atoms with Gasteiger partial charge in [-0.3, -0.25) is 4.90 Å². The highest BCUT2D eigenvalue weighted by Gasteiger charge is 2.37. The molecule has 5 heterocycles. The van der Waals surface area contributed by atoms with Crippen molar-refractivity contribution < 1.29 is 4.74 Å². The molecule has 0 radical (unpaired) electrons. The van der Waals surface area contributed by atoms with Gasteiger partial charge in [-0.05, 0) is 56.6 Å². The number of nitrogens with zero attached hydrogens (tertiary/aromatic N) is 3. The van der Waals surface area contributed by atoms with Gasteiger partial charge in [-0.1, -0.05) is 0 Å². The van der Waals surface area contributed by atoms with Crippen LogP contribution in [-0.2, 0) is 4.74 Å². The van der Waals surface area contributed by atoms with Crippen molar-refractivity contribution in [2.75, 3.05) is 25.1 Å². The van der Waals surface area contributed by atoms with Gasteiger partial charge in [0, 0.05) is 34.1 Å². The van der Waals surface area contributed by atoms with Gasteiger partial charge in [0.1, 0.15) is 4.83 Å². The second-order valence-electron chi connectivity index (χ2n) is 8.30. The monoisotopic (exact) mass is 436 g/mol. The fraction of sp³-hybridized carbons (Fsp3) is 0.391. The number of hydrogen-bond acceptors (Lipinski definition) is 7. The molecule has 5 nitrogen and oxygen atoms in total. The second-order valence-corrected chi connectivity index (χ2v) is 10.3. The summed E-state index contributed by atoms with van der Waals surface area (Å²) in [6, 6.07) is 12.0. The first-order chi connectivity index (χ1) is 14.8. The smallest absolute Gasteiger partial charge is 0.125 e. The average molecular weight is 437 g/mol. The van der Waals surface area contributed by atoms with Gasteiger partial charge in [0.15, 0.2) is 0 Å². The number of thiophene rings is 1. The topological polar surface area (TPSA) is 50.3 Å². The summed E-state index contributed by atoms with van der Waals surface area (Å²) in [7, 11) is 0. The van der Waals surface area contributed by atoms with Gasteiger partial charge in [0.2, 0.25) is 0 Å². The summed E-state index contributed by atoms with van der Waals surface area (Å²) in [6.45, 7) is 5.37. The number of pyridine rings is 1. The van der Waals surface area contributed by atoms with Gasteiger partial charge >= 0.3 is 0 Å². The van der Waals surface area contributed by atoms with E-state index in [1.807, 2.05) is 23.0 Å². The van der Waals surface area contributed by atoms with Crippen LogP contribution < -0.4 is 5.32 Å². The average Bonchev–Trinajstić information content (AvgIpc) is 3.35. The van der Waals surface area contributed by atoms with Crippen LogP contribution in [0.2, 0.25) is 0 Å². The minimum absolute atomic E-state index is 0.546. The van der Waals surface area contributed by atoms with Crippen molar-refractivity contribution in [3.63, 3.8) is 0 Å². The Kier molecular flexibility index (Phi) is 4.71. The Morgan fingerprint density at radius 3 is 2.97 bits per heavy atom. The second kappa shape index (κ2) is 7.57. The molecule has 6 rings (SSSR count). The predicted molar refractivity (Wildman–Crippen MR) is 125 cm³/mol. The lowest BCUT2D eigenvalue weighted by Gasteiger charge is -2.46. The predicted octanol–water partition coefficient (Wildman–Crippen LogP) is 5.62. The molecule has 0 saturated carbocycles. The summed E-state index contributed by atoms with van der Waals surface area (Å²) in [4.78, 5) is 14.4. The molecule has 7 heteroatoms. The molecule has 0 amide bonds. The van der Waals surface area contributed by atoms with Crippen LogP contribution in [0.25, 0.3) is 20.4 Å². The van der Waals surface area contributed by atoms with E-state index in [2.05, 4.69) is 57.4 Å². The third-order valence-corrected chi connectivity index (χ3v) is 8.54. The largest absolute Gasteiger partial charge is 0.378 e. The quantitative estimate of drug-likeness (QED) is 0.450. The van der Waals surface area contributed by atoms with Crippen molar-refractivity contribution in [2.45, 2.75) is 37.8 Å². The number of thiazole rings is 1. The molecule has 154 valence electrons. The highest BCUT2D eigenvalue weighted by atomic mass is 32.1. The highest BCUT2D eigenvalue weighted by Crippen LogP contribution is 2.41. The van der Waals surface area contributed by atoms with Crippen molar-refractivity contribution in [2.24, 2.45) is 0 Å². The molecule has 0 bridgehead atoms. The van der Waals surface area contributed by atoms with Crippen molar-refractivity contribution in [3.8, 4) is 0 Å². The Morgan fingerprint density at radius 2 is 2.10 bits per heavy atom. The minimum Gasteiger partial charge on any atom is -0.378 e. The van der Waals surface area contributed by atoms with Crippen LogP contribution in [0.4, 0.5) is 11.4 Å². The molecular formula is C23H24N4OS2. The van der Waals surface area contributed by atoms with Crippen LogP contribution in [-0.4, -0.2) is 46.7 Å². The van der Waals surface area contributed by atoms with Crippen molar-refractivity contribution in [1.29, 1.82) is 0 Å². The van der Waals surface area contributed by atoms with Crippen LogP contribution >= 0.6 is 22.7 Å². The van der Waals surface area contributed by atoms with Crippen LogP contribution in [0.1, 0.15) is 30.6 Å². The number of rotatable bonds is 4. The molecule has 2 atom stereocenters. The number of fused-ring (bicyclic) bond motifs is 2. The number of benzene rings is 1. The molecule has 2 fully saturated rings. The Bertz CT molecular complexity index is 1200. The molecule has 1 aromatic carbocycles. The molecule has 0 spiro atoms. The standard InChI is InChI=1S/C23H24N4OS2/c1-14-17(3-2-8-27(14)16-11-28-12-16)22-10-18-19(6-7-24-23(18)30-22)26-15-4-5-21-20(9-15)25-13-29-21/h4-7,9-10,13-14,16-17H,2-3,8,11-12H2,1H3,(H,24,26)/t14-,17+/m0/s1. The molecule has 1 N–H and O–H groups in total. The summed E-state index contributed by atoms with van der Waals surface area (Å²) in [5.41, 5.74) is 5.12. The zero-order valence-corrected chi connectivity index (χ0v) is 18.5. The van der Waals surface area contributed by atoms with E-state index in [9.17, 15) is 0 Å². The lowest BCUT2D eigenvalue weighted by molar-refractivity contribution is -0.0877. The molecule has 3 aromatic heterocycles. The number of aromatic nitrogens is 2. The first kappa shape index (κ1) is 18.7. The third-order valence-electron chi connectivity index (χ3n) is 6.56. The molecule has 2 aliphatic heterocycles. The normalized spacial score (nSPS) is 23.1. The van der Waals surface area contributed by atoms with E-state index in [4.69, 9.17) is 4.74 Å². The van der Waals surface area contributed by atoms with E-state index in [-0.39, 0.29) is 0 Å². The van der Waals surface area contributed by atoms with E-state index >= 15 is 0 Å². The van der Waals surface area contributed by atoms with Crippen LogP contribution in [0.3, 0.4) is 0 Å². The summed E-state index contributed by atoms with van der Waals surface area (Å²) in [5.74, 6) is 0.567. The SMILES string of the molecule is C[C@H]1[C@H](c2cc3c(Nc4ccc5scnc5c4)ccnc3s2)CCCN1C1COC1. The number of hydrogen-bond donors (Lipinski definition) is 1. The maximum Gasteiger partial charge on any atom is 0.125 e. The van der Waals surface area contributed by atoms with Crippen LogP contribution in [0.15, 0.2) is 42.0 Å². The molecule has 0 unspecified atom stereocenters. The van der Waals surface area contributed by atoms with Gasteiger partial charge < -0.3 is 10.1 Å². The van der Waals surface area contributed by atoms with Gasteiger partial charge in [-0.15, -0.1) is 22.7 Å². The lowest BCUT2D eigenvalue weighted by Crippen LogP contribution is -2.56. The van der Waals surface area contributed by atoms with E-state index < -0.39 is 0 Å². The Morgan fingerprint density at radius 1 is 1.17 bits per heavy atom. The molecule has 30 heavy (non-hydrogen) atoms. The van der Waals surface area contributed by atoms with Gasteiger partial charge in [0.05, 0.1) is 40.7 Å². The molecule has 2 saturated heterocycles. The maximum atomic E-state index is 5.46. The van der Waals surface area contributed by atoms with Gasteiger partial charge in [-0.2, -0.15) is 0 Å². The van der Waals surface area contributed by atoms with Crippen LogP contribution in [0, 0.1) is 0 Å². The van der Waals surface area contributed by atoms with E-state index in [1.54, 1.807) is 11.3 Å². The zero-order valence-electron chi connectivity index (χ0n) is 16.9. The number of nitrogens with one attached hydrogen (secondary N) is 1. The fourth-order valence-electron chi connectivity index (χ4n) is 4.82. The number of piperidine rings is 1. The molecule has 4 aromatic rings. The molecule has 0 aliphatic carbocycles. The maximum absolute atomic E-state index is 5.46. The van der Waals surface area contributed by atoms with Gasteiger partial charge in [-0.25, -0.2) is 9.97 Å². The minimum atomic E-state index is 0.546. The lowest BCUT2D eigenvalue weighted by atomic mass is 9.87. The first-order valence-electron chi connectivity index (χ1n) is 10.6. The molecule has 2 aliphatic rings. The molecular weight excluding hydrogens is 412 g/mol. The van der Waals surface area contributed by atoms with Crippen molar-refractivity contribution >= 4 is 54.5 Å². The summed E-state index contributed by atoms with van der Waals surface area (Å²) in [6.07, 6.45) is 4.42. The Hall–Kier alpha value is -2.06. The van der Waals surface area contributed by atoms with Crippen LogP contribution in [0.5, 0.6) is 0 Å². The number of ether oxygens (including phenoxy) is 1. The first-order valence-corrected chi connectivity index (χ1v) is 12.3. The van der Waals surface area contributed by atoms with Gasteiger partial charge in [0.25, 0.3) is 0 Å². The Labute approximate surface area is 183 Å².